The lowest BCUT2D eigenvalue weighted by Gasteiger charge is -2.17. The Morgan fingerprint density at radius 3 is 2.59 bits per heavy atom. The van der Waals surface area contributed by atoms with E-state index in [1.165, 1.54) is 30.6 Å². The lowest BCUT2D eigenvalue weighted by molar-refractivity contribution is -0.385. The van der Waals surface area contributed by atoms with Crippen LogP contribution in [0.25, 0.3) is 0 Å². The summed E-state index contributed by atoms with van der Waals surface area (Å²) in [5, 5.41) is 17.1. The Morgan fingerprint density at radius 1 is 1.28 bits per heavy atom. The minimum absolute atomic E-state index is 0.110. The Balaban J connectivity index is 1.80. The van der Waals surface area contributed by atoms with Crippen LogP contribution in [0.15, 0.2) is 41.2 Å². The number of aromatic nitrogens is 1. The summed E-state index contributed by atoms with van der Waals surface area (Å²) in [5.41, 5.74) is 2.47. The number of rotatable bonds is 9. The molecule has 0 spiro atoms. The Hall–Kier alpha value is -2.88. The summed E-state index contributed by atoms with van der Waals surface area (Å²) in [4.78, 5) is 27.9. The van der Waals surface area contributed by atoms with E-state index >= 15 is 0 Å². The number of carbonyl (C=O) groups excluding carboxylic acids is 1. The summed E-state index contributed by atoms with van der Waals surface area (Å²) in [6.45, 7) is 2.13. The number of hydrogen-bond donors (Lipinski definition) is 1. The van der Waals surface area contributed by atoms with Crippen molar-refractivity contribution in [1.82, 2.24) is 10.3 Å². The Kier molecular flexibility index (Phi) is 7.89. The van der Waals surface area contributed by atoms with Crippen LogP contribution in [0.4, 0.5) is 5.69 Å². The van der Waals surface area contributed by atoms with Gasteiger partial charge in [-0.3, -0.25) is 14.9 Å². The first kappa shape index (κ1) is 23.8. The predicted octanol–water partition coefficient (Wildman–Crippen LogP) is 5.48. The third-order valence-corrected chi connectivity index (χ3v) is 5.94. The highest BCUT2D eigenvalue weighted by molar-refractivity contribution is 7.07. The van der Waals surface area contributed by atoms with Crippen molar-refractivity contribution < 1.29 is 19.2 Å². The second kappa shape index (κ2) is 10.6. The summed E-state index contributed by atoms with van der Waals surface area (Å²) in [6.07, 6.45) is 0. The molecule has 11 heteroatoms. The van der Waals surface area contributed by atoms with Crippen molar-refractivity contribution in [2.75, 3.05) is 13.7 Å². The van der Waals surface area contributed by atoms with Crippen molar-refractivity contribution in [2.24, 2.45) is 0 Å². The van der Waals surface area contributed by atoms with Crippen LogP contribution in [0.2, 0.25) is 10.0 Å². The summed E-state index contributed by atoms with van der Waals surface area (Å²) in [5.74, 6) is -0.518. The van der Waals surface area contributed by atoms with E-state index in [0.717, 1.165) is 0 Å². The lowest BCUT2D eigenvalue weighted by Crippen LogP contribution is -2.28. The third-order valence-electron chi connectivity index (χ3n) is 4.64. The van der Waals surface area contributed by atoms with E-state index in [-0.39, 0.29) is 36.1 Å². The molecule has 0 saturated carbocycles. The lowest BCUT2D eigenvalue weighted by atomic mass is 10.0. The molecule has 1 N–H and O–H groups in total. The molecule has 0 radical (unpaired) electrons. The molecular weight excluding hydrogens is 477 g/mol. The minimum atomic E-state index is -0.640. The van der Waals surface area contributed by atoms with Crippen molar-refractivity contribution in [3.8, 4) is 11.5 Å². The summed E-state index contributed by atoms with van der Waals surface area (Å²) < 4.78 is 10.9. The van der Waals surface area contributed by atoms with Gasteiger partial charge in [0, 0.05) is 34.0 Å². The molecule has 168 valence electrons. The maximum absolute atomic E-state index is 12.8. The van der Waals surface area contributed by atoms with Gasteiger partial charge in [-0.05, 0) is 17.7 Å². The number of ether oxygens (including phenoxy) is 2. The minimum Gasteiger partial charge on any atom is -0.493 e. The number of nitro groups is 1. The van der Waals surface area contributed by atoms with Gasteiger partial charge in [0.25, 0.3) is 11.6 Å². The van der Waals surface area contributed by atoms with Crippen LogP contribution in [0, 0.1) is 10.1 Å². The number of nitrogens with one attached hydrogen (secondary N) is 1. The van der Waals surface area contributed by atoms with Crippen molar-refractivity contribution in [1.29, 1.82) is 0 Å². The zero-order chi connectivity index (χ0) is 23.3. The molecular formula is C21H19Cl2N3O5S. The number of amides is 1. The van der Waals surface area contributed by atoms with Crippen molar-refractivity contribution >= 4 is 46.1 Å². The van der Waals surface area contributed by atoms with E-state index in [0.29, 0.717) is 21.3 Å². The monoisotopic (exact) mass is 495 g/mol. The number of thiazole rings is 1. The van der Waals surface area contributed by atoms with E-state index in [1.807, 2.05) is 6.92 Å². The molecule has 1 amide bonds. The number of benzene rings is 2. The van der Waals surface area contributed by atoms with Crippen LogP contribution in [0.1, 0.15) is 34.5 Å². The van der Waals surface area contributed by atoms with Crippen LogP contribution >= 0.6 is 34.5 Å². The van der Waals surface area contributed by atoms with Crippen molar-refractivity contribution in [3.05, 3.63) is 78.2 Å². The van der Waals surface area contributed by atoms with E-state index in [1.54, 1.807) is 29.1 Å². The molecule has 1 atom stereocenters. The summed E-state index contributed by atoms with van der Waals surface area (Å²) >= 11 is 13.9. The average Bonchev–Trinajstić information content (AvgIpc) is 3.28. The van der Waals surface area contributed by atoms with Crippen molar-refractivity contribution in [2.45, 2.75) is 19.4 Å². The van der Waals surface area contributed by atoms with E-state index in [9.17, 15) is 14.9 Å². The number of nitrogens with zero attached hydrogens (tertiary/aromatic N) is 2. The Labute approximate surface area is 198 Å². The standard InChI is InChI=1S/C21H19Cl2N3O5S/c1-12(20-15(22)4-3-5-16(20)23)8-24-21(27)14-6-18(30-2)19(7-17(14)26(28)29)31-9-13-10-32-11-25-13/h3-7,10-12H,8-9H2,1-2H3,(H,24,27). The Bertz CT molecular complexity index is 1100. The van der Waals surface area contributed by atoms with Gasteiger partial charge in [0.2, 0.25) is 0 Å². The molecule has 8 nitrogen and oxygen atoms in total. The van der Waals surface area contributed by atoms with Gasteiger partial charge in [-0.25, -0.2) is 4.98 Å². The largest absolute Gasteiger partial charge is 0.493 e. The van der Waals surface area contributed by atoms with E-state index < -0.39 is 16.5 Å². The van der Waals surface area contributed by atoms with Gasteiger partial charge in [0.1, 0.15) is 12.2 Å². The first-order chi connectivity index (χ1) is 15.3. The molecule has 1 aromatic heterocycles. The Morgan fingerprint density at radius 2 is 2.00 bits per heavy atom. The first-order valence-corrected chi connectivity index (χ1v) is 11.1. The fraction of sp³-hybridized carbons (Fsp3) is 0.238. The molecule has 0 aliphatic heterocycles. The molecule has 2 aromatic carbocycles. The second-order valence-corrected chi connectivity index (χ2v) is 8.33. The van der Waals surface area contributed by atoms with Crippen LogP contribution < -0.4 is 14.8 Å². The number of halogens is 2. The maximum Gasteiger partial charge on any atom is 0.286 e. The molecule has 1 unspecified atom stereocenters. The van der Waals surface area contributed by atoms with Gasteiger partial charge < -0.3 is 14.8 Å². The van der Waals surface area contributed by atoms with Gasteiger partial charge in [0.05, 0.1) is 29.3 Å². The molecule has 3 aromatic rings. The van der Waals surface area contributed by atoms with Crippen LogP contribution in [-0.2, 0) is 6.61 Å². The van der Waals surface area contributed by atoms with Crippen LogP contribution in [0.3, 0.4) is 0 Å². The topological polar surface area (TPSA) is 104 Å². The number of carbonyl (C=O) groups is 1. The molecule has 3 rings (SSSR count). The summed E-state index contributed by atoms with van der Waals surface area (Å²) in [6, 6.07) is 7.61. The highest BCUT2D eigenvalue weighted by atomic mass is 35.5. The molecule has 0 aliphatic rings. The van der Waals surface area contributed by atoms with E-state index in [4.69, 9.17) is 32.7 Å². The maximum atomic E-state index is 12.8. The molecule has 0 aliphatic carbocycles. The van der Waals surface area contributed by atoms with Crippen LogP contribution in [-0.4, -0.2) is 29.5 Å². The summed E-state index contributed by atoms with van der Waals surface area (Å²) in [7, 11) is 1.39. The smallest absolute Gasteiger partial charge is 0.286 e. The number of methoxy groups -OCH3 is 1. The molecule has 0 bridgehead atoms. The average molecular weight is 496 g/mol. The fourth-order valence-electron chi connectivity index (χ4n) is 3.04. The van der Waals surface area contributed by atoms with Crippen LogP contribution in [0.5, 0.6) is 11.5 Å². The normalized spacial score (nSPS) is 11.6. The molecule has 0 fully saturated rings. The number of hydrogen-bond acceptors (Lipinski definition) is 7. The fourth-order valence-corrected chi connectivity index (χ4v) is 4.35. The third kappa shape index (κ3) is 5.48. The van der Waals surface area contributed by atoms with Crippen molar-refractivity contribution in [3.63, 3.8) is 0 Å². The van der Waals surface area contributed by atoms with E-state index in [2.05, 4.69) is 10.3 Å². The predicted molar refractivity (Wildman–Crippen MR) is 123 cm³/mol. The SMILES string of the molecule is COc1cc(C(=O)NCC(C)c2c(Cl)cccc2Cl)c([N+](=O)[O-])cc1OCc1cscn1. The second-order valence-electron chi connectivity index (χ2n) is 6.79. The highest BCUT2D eigenvalue weighted by Crippen LogP contribution is 2.36. The van der Waals surface area contributed by atoms with Gasteiger partial charge in [-0.1, -0.05) is 36.2 Å². The molecule has 1 heterocycles. The number of nitro benzene ring substituents is 1. The molecule has 32 heavy (non-hydrogen) atoms. The molecule has 0 saturated heterocycles. The quantitative estimate of drug-likeness (QED) is 0.311. The van der Waals surface area contributed by atoms with Gasteiger partial charge in [0.15, 0.2) is 11.5 Å². The van der Waals surface area contributed by atoms with Gasteiger partial charge >= 0.3 is 0 Å². The highest BCUT2D eigenvalue weighted by Gasteiger charge is 2.25. The first-order valence-electron chi connectivity index (χ1n) is 9.40. The zero-order valence-electron chi connectivity index (χ0n) is 17.1. The van der Waals surface area contributed by atoms with Gasteiger partial charge in [-0.2, -0.15) is 0 Å². The van der Waals surface area contributed by atoms with Gasteiger partial charge in [-0.15, -0.1) is 11.3 Å². The zero-order valence-corrected chi connectivity index (χ0v) is 19.5.